The minimum Gasteiger partial charge on any atom is -0.497 e. The van der Waals surface area contributed by atoms with Crippen molar-refractivity contribution in [2.24, 2.45) is 0 Å². The Bertz CT molecular complexity index is 973. The summed E-state index contributed by atoms with van der Waals surface area (Å²) in [6.45, 7) is 0.626. The fourth-order valence-electron chi connectivity index (χ4n) is 3.31. The number of nitrogens with zero attached hydrogens (tertiary/aromatic N) is 1. The smallest absolute Gasteiger partial charge is 0.243 e. The van der Waals surface area contributed by atoms with Gasteiger partial charge in [-0.15, -0.1) is 0 Å². The zero-order valence-corrected chi connectivity index (χ0v) is 17.8. The van der Waals surface area contributed by atoms with Gasteiger partial charge in [0.05, 0.1) is 38.9 Å². The Hall–Kier alpha value is -2.71. The molecule has 0 saturated heterocycles. The van der Waals surface area contributed by atoms with Crippen LogP contribution in [0.15, 0.2) is 47.4 Å². The Morgan fingerprint density at radius 2 is 1.41 bits per heavy atom. The van der Waals surface area contributed by atoms with Crippen LogP contribution >= 0.6 is 0 Å². The number of methoxy groups -OCH3 is 4. The van der Waals surface area contributed by atoms with Gasteiger partial charge < -0.3 is 18.9 Å². The Morgan fingerprint density at radius 3 is 1.86 bits per heavy atom. The minimum absolute atomic E-state index is 0.245. The van der Waals surface area contributed by atoms with E-state index in [0.29, 0.717) is 36.0 Å². The van der Waals surface area contributed by atoms with Crippen LogP contribution in [0.25, 0.3) is 5.57 Å². The molecule has 1 aliphatic heterocycles. The minimum atomic E-state index is -3.58. The second-order valence-corrected chi connectivity index (χ2v) is 8.36. The predicted octanol–water partition coefficient (Wildman–Crippen LogP) is 3.20. The molecule has 1 heterocycles. The Balaban J connectivity index is 1.89. The fourth-order valence-corrected chi connectivity index (χ4v) is 4.70. The van der Waals surface area contributed by atoms with Gasteiger partial charge in [-0.25, -0.2) is 8.42 Å². The summed E-state index contributed by atoms with van der Waals surface area (Å²) in [6, 6.07) is 9.99. The number of hydrogen-bond donors (Lipinski definition) is 0. The lowest BCUT2D eigenvalue weighted by Crippen LogP contribution is -2.34. The van der Waals surface area contributed by atoms with Gasteiger partial charge in [0.1, 0.15) is 23.0 Å². The normalized spacial score (nSPS) is 14.8. The van der Waals surface area contributed by atoms with E-state index in [0.717, 1.165) is 11.1 Å². The van der Waals surface area contributed by atoms with Crippen LogP contribution in [0.3, 0.4) is 0 Å². The first-order chi connectivity index (χ1) is 13.9. The third-order valence-electron chi connectivity index (χ3n) is 4.91. The van der Waals surface area contributed by atoms with Crippen LogP contribution in [0.2, 0.25) is 0 Å². The summed E-state index contributed by atoms with van der Waals surface area (Å²) in [5.74, 6) is 2.49. The molecule has 1 aliphatic rings. The van der Waals surface area contributed by atoms with E-state index >= 15 is 0 Å². The molecular weight excluding hydrogens is 394 g/mol. The van der Waals surface area contributed by atoms with Crippen LogP contribution in [-0.2, 0) is 10.0 Å². The molecule has 7 nitrogen and oxygen atoms in total. The fraction of sp³-hybridized carbons (Fsp3) is 0.333. The van der Waals surface area contributed by atoms with Gasteiger partial charge in [-0.05, 0) is 36.3 Å². The van der Waals surface area contributed by atoms with Crippen LogP contribution < -0.4 is 18.9 Å². The Labute approximate surface area is 171 Å². The highest BCUT2D eigenvalue weighted by Crippen LogP contribution is 2.41. The summed E-state index contributed by atoms with van der Waals surface area (Å²) in [5, 5.41) is 0. The summed E-state index contributed by atoms with van der Waals surface area (Å²) in [7, 11) is 2.71. The molecule has 2 aromatic carbocycles. The van der Waals surface area contributed by atoms with Crippen molar-refractivity contribution in [2.45, 2.75) is 11.3 Å². The topological polar surface area (TPSA) is 74.3 Å². The average molecular weight is 419 g/mol. The van der Waals surface area contributed by atoms with Gasteiger partial charge in [-0.2, -0.15) is 4.31 Å². The van der Waals surface area contributed by atoms with Crippen molar-refractivity contribution >= 4 is 15.6 Å². The van der Waals surface area contributed by atoms with Crippen LogP contribution in [0.5, 0.6) is 23.0 Å². The Morgan fingerprint density at radius 1 is 0.828 bits per heavy atom. The molecule has 0 bridgehead atoms. The first-order valence-electron chi connectivity index (χ1n) is 9.08. The van der Waals surface area contributed by atoms with Gasteiger partial charge in [0.25, 0.3) is 0 Å². The number of sulfonamides is 1. The maximum Gasteiger partial charge on any atom is 0.243 e. The molecule has 0 amide bonds. The van der Waals surface area contributed by atoms with E-state index in [2.05, 4.69) is 0 Å². The quantitative estimate of drug-likeness (QED) is 0.686. The number of hydrogen-bond acceptors (Lipinski definition) is 6. The molecule has 156 valence electrons. The standard InChI is InChI=1S/C21H25NO6S/c1-25-16-5-7-18(8-6-16)29(23,24)22-11-9-15(10-12-22)21-19(27-3)13-17(26-2)14-20(21)28-4/h5-9,13-14H,10-12H2,1-4H3. The molecule has 0 unspecified atom stereocenters. The third kappa shape index (κ3) is 4.18. The van der Waals surface area contributed by atoms with E-state index in [1.165, 1.54) is 4.31 Å². The summed E-state index contributed by atoms with van der Waals surface area (Å²) < 4.78 is 48.8. The van der Waals surface area contributed by atoms with Crippen LogP contribution in [0.1, 0.15) is 12.0 Å². The van der Waals surface area contributed by atoms with Crippen molar-refractivity contribution < 1.29 is 27.4 Å². The van der Waals surface area contributed by atoms with Crippen LogP contribution in [-0.4, -0.2) is 54.3 Å². The van der Waals surface area contributed by atoms with Crippen molar-refractivity contribution in [1.82, 2.24) is 4.31 Å². The lowest BCUT2D eigenvalue weighted by atomic mass is 9.98. The molecule has 3 rings (SSSR count). The second kappa shape index (κ2) is 8.75. The van der Waals surface area contributed by atoms with Crippen molar-refractivity contribution in [3.8, 4) is 23.0 Å². The highest BCUT2D eigenvalue weighted by atomic mass is 32.2. The molecule has 8 heteroatoms. The lowest BCUT2D eigenvalue weighted by Gasteiger charge is -2.27. The van der Waals surface area contributed by atoms with E-state index in [1.54, 1.807) is 64.8 Å². The molecule has 2 aromatic rings. The summed E-state index contributed by atoms with van der Waals surface area (Å²) >= 11 is 0. The van der Waals surface area contributed by atoms with Gasteiger partial charge in [-0.3, -0.25) is 0 Å². The van der Waals surface area contributed by atoms with E-state index in [1.807, 2.05) is 6.08 Å². The van der Waals surface area contributed by atoms with Gasteiger partial charge in [0.15, 0.2) is 0 Å². The van der Waals surface area contributed by atoms with Crippen molar-refractivity contribution in [1.29, 1.82) is 0 Å². The average Bonchev–Trinajstić information content (AvgIpc) is 2.78. The zero-order valence-electron chi connectivity index (χ0n) is 17.0. The molecule has 29 heavy (non-hydrogen) atoms. The molecule has 0 N–H and O–H groups in total. The molecule has 0 fully saturated rings. The highest BCUT2D eigenvalue weighted by Gasteiger charge is 2.28. The summed E-state index contributed by atoms with van der Waals surface area (Å²) in [5.41, 5.74) is 1.79. The maximum absolute atomic E-state index is 12.9. The molecular formula is C21H25NO6S. The van der Waals surface area contributed by atoms with Gasteiger partial charge in [0, 0.05) is 25.2 Å². The van der Waals surface area contributed by atoms with E-state index in [4.69, 9.17) is 18.9 Å². The number of ether oxygens (including phenoxy) is 4. The van der Waals surface area contributed by atoms with E-state index in [-0.39, 0.29) is 11.4 Å². The maximum atomic E-state index is 12.9. The number of rotatable bonds is 7. The summed E-state index contributed by atoms with van der Waals surface area (Å²) in [4.78, 5) is 0.245. The number of benzene rings is 2. The summed E-state index contributed by atoms with van der Waals surface area (Å²) in [6.07, 6.45) is 2.44. The molecule has 0 spiro atoms. The molecule has 0 atom stereocenters. The zero-order chi connectivity index (χ0) is 21.0. The lowest BCUT2D eigenvalue weighted by molar-refractivity contribution is 0.372. The molecule has 0 radical (unpaired) electrons. The van der Waals surface area contributed by atoms with Gasteiger partial charge >= 0.3 is 0 Å². The van der Waals surface area contributed by atoms with Crippen LogP contribution in [0.4, 0.5) is 0 Å². The van der Waals surface area contributed by atoms with Crippen LogP contribution in [0, 0.1) is 0 Å². The molecule has 0 aromatic heterocycles. The Kier molecular flexibility index (Phi) is 6.34. The molecule has 0 aliphatic carbocycles. The largest absolute Gasteiger partial charge is 0.497 e. The predicted molar refractivity (Wildman–Crippen MR) is 110 cm³/mol. The first-order valence-corrected chi connectivity index (χ1v) is 10.5. The van der Waals surface area contributed by atoms with E-state index < -0.39 is 10.0 Å². The SMILES string of the molecule is COc1ccc(S(=O)(=O)N2CC=C(c3c(OC)cc(OC)cc3OC)CC2)cc1. The van der Waals surface area contributed by atoms with Crippen molar-refractivity contribution in [2.75, 3.05) is 41.5 Å². The monoisotopic (exact) mass is 419 g/mol. The van der Waals surface area contributed by atoms with Crippen molar-refractivity contribution in [3.63, 3.8) is 0 Å². The van der Waals surface area contributed by atoms with E-state index in [9.17, 15) is 8.42 Å². The molecule has 0 saturated carbocycles. The van der Waals surface area contributed by atoms with Gasteiger partial charge in [0.2, 0.25) is 10.0 Å². The third-order valence-corrected chi connectivity index (χ3v) is 6.78. The van der Waals surface area contributed by atoms with Crippen molar-refractivity contribution in [3.05, 3.63) is 48.0 Å². The second-order valence-electron chi connectivity index (χ2n) is 6.42. The highest BCUT2D eigenvalue weighted by molar-refractivity contribution is 7.89. The first kappa shape index (κ1) is 21.0. The van der Waals surface area contributed by atoms with Gasteiger partial charge in [-0.1, -0.05) is 6.08 Å².